The zero-order chi connectivity index (χ0) is 13.9. The Kier molecular flexibility index (Phi) is 3.40. The SMILES string of the molecule is COc1cccc(C#N)c1-n1cncc1C1CCNC1. The molecule has 0 saturated carbocycles. The molecule has 102 valence electrons. The molecule has 1 N–H and O–H groups in total. The predicted molar refractivity (Wildman–Crippen MR) is 75.1 cm³/mol. The van der Waals surface area contributed by atoms with Crippen molar-refractivity contribution in [1.82, 2.24) is 14.9 Å². The number of hydrogen-bond donors (Lipinski definition) is 1. The van der Waals surface area contributed by atoms with Crippen molar-refractivity contribution in [2.24, 2.45) is 0 Å². The molecule has 1 fully saturated rings. The number of para-hydroxylation sites is 1. The van der Waals surface area contributed by atoms with Crippen molar-refractivity contribution in [3.8, 4) is 17.5 Å². The van der Waals surface area contributed by atoms with E-state index in [4.69, 9.17) is 4.74 Å². The number of ether oxygens (including phenoxy) is 1. The Labute approximate surface area is 117 Å². The third kappa shape index (κ3) is 2.04. The Balaban J connectivity index is 2.14. The van der Waals surface area contributed by atoms with Crippen molar-refractivity contribution >= 4 is 0 Å². The van der Waals surface area contributed by atoms with Crippen LogP contribution in [-0.4, -0.2) is 29.8 Å². The number of methoxy groups -OCH3 is 1. The highest BCUT2D eigenvalue weighted by atomic mass is 16.5. The van der Waals surface area contributed by atoms with Crippen LogP contribution in [0.15, 0.2) is 30.7 Å². The minimum atomic E-state index is 0.425. The van der Waals surface area contributed by atoms with Gasteiger partial charge >= 0.3 is 0 Å². The fourth-order valence-electron chi connectivity index (χ4n) is 2.73. The third-order valence-electron chi connectivity index (χ3n) is 3.73. The van der Waals surface area contributed by atoms with Gasteiger partial charge in [-0.05, 0) is 25.1 Å². The molecule has 2 heterocycles. The number of hydrogen-bond acceptors (Lipinski definition) is 4. The molecule has 5 heteroatoms. The summed E-state index contributed by atoms with van der Waals surface area (Å²) in [6.45, 7) is 1.97. The number of nitrogens with zero attached hydrogens (tertiary/aromatic N) is 3. The Hall–Kier alpha value is -2.32. The van der Waals surface area contributed by atoms with Gasteiger partial charge < -0.3 is 10.1 Å². The highest BCUT2D eigenvalue weighted by Gasteiger charge is 2.23. The molecular formula is C15H16N4O. The normalized spacial score (nSPS) is 17.9. The van der Waals surface area contributed by atoms with Gasteiger partial charge in [-0.1, -0.05) is 6.07 Å². The maximum atomic E-state index is 9.34. The summed E-state index contributed by atoms with van der Waals surface area (Å²) in [6.07, 6.45) is 4.72. The molecule has 1 aliphatic heterocycles. The van der Waals surface area contributed by atoms with Crippen molar-refractivity contribution in [3.63, 3.8) is 0 Å². The first-order valence-electron chi connectivity index (χ1n) is 6.65. The lowest BCUT2D eigenvalue weighted by molar-refractivity contribution is 0.412. The largest absolute Gasteiger partial charge is 0.495 e. The molecule has 1 unspecified atom stereocenters. The first-order chi connectivity index (χ1) is 9.85. The Morgan fingerprint density at radius 1 is 1.50 bits per heavy atom. The van der Waals surface area contributed by atoms with Gasteiger partial charge in [0.15, 0.2) is 0 Å². The van der Waals surface area contributed by atoms with Gasteiger partial charge in [-0.15, -0.1) is 0 Å². The van der Waals surface area contributed by atoms with E-state index >= 15 is 0 Å². The number of rotatable bonds is 3. The third-order valence-corrected chi connectivity index (χ3v) is 3.73. The van der Waals surface area contributed by atoms with Crippen molar-refractivity contribution in [2.45, 2.75) is 12.3 Å². The maximum Gasteiger partial charge on any atom is 0.144 e. The summed E-state index contributed by atoms with van der Waals surface area (Å²) in [6, 6.07) is 7.73. The van der Waals surface area contributed by atoms with Crippen LogP contribution in [0.1, 0.15) is 23.6 Å². The molecule has 20 heavy (non-hydrogen) atoms. The van der Waals surface area contributed by atoms with Crippen molar-refractivity contribution in [1.29, 1.82) is 5.26 Å². The monoisotopic (exact) mass is 268 g/mol. The number of nitrogens with one attached hydrogen (secondary N) is 1. The molecule has 0 radical (unpaired) electrons. The number of benzene rings is 1. The van der Waals surface area contributed by atoms with Gasteiger partial charge in [0.2, 0.25) is 0 Å². The van der Waals surface area contributed by atoms with Gasteiger partial charge in [0, 0.05) is 24.4 Å². The van der Waals surface area contributed by atoms with E-state index in [2.05, 4.69) is 16.4 Å². The molecule has 0 spiro atoms. The number of aromatic nitrogens is 2. The van der Waals surface area contributed by atoms with Crippen LogP contribution >= 0.6 is 0 Å². The number of nitriles is 1. The average Bonchev–Trinajstić information content (AvgIpc) is 3.16. The fourth-order valence-corrected chi connectivity index (χ4v) is 2.73. The molecule has 3 rings (SSSR count). The minimum Gasteiger partial charge on any atom is -0.495 e. The van der Waals surface area contributed by atoms with E-state index in [9.17, 15) is 5.26 Å². The second-order valence-electron chi connectivity index (χ2n) is 4.85. The summed E-state index contributed by atoms with van der Waals surface area (Å²) in [5, 5.41) is 12.7. The van der Waals surface area contributed by atoms with Gasteiger partial charge in [0.05, 0.1) is 19.0 Å². The second kappa shape index (κ2) is 5.35. The van der Waals surface area contributed by atoms with Crippen LogP contribution < -0.4 is 10.1 Å². The molecule has 1 aromatic carbocycles. The molecule has 0 bridgehead atoms. The van der Waals surface area contributed by atoms with Crippen LogP contribution in [0, 0.1) is 11.3 Å². The lowest BCUT2D eigenvalue weighted by Gasteiger charge is -2.16. The van der Waals surface area contributed by atoms with Crippen LogP contribution in [0.25, 0.3) is 5.69 Å². The Morgan fingerprint density at radius 2 is 2.40 bits per heavy atom. The van der Waals surface area contributed by atoms with Crippen molar-refractivity contribution < 1.29 is 4.74 Å². The first-order valence-corrected chi connectivity index (χ1v) is 6.65. The molecule has 5 nitrogen and oxygen atoms in total. The zero-order valence-electron chi connectivity index (χ0n) is 11.3. The molecule has 2 aromatic rings. The molecule has 1 atom stereocenters. The van der Waals surface area contributed by atoms with Crippen LogP contribution in [-0.2, 0) is 0 Å². The van der Waals surface area contributed by atoms with Crippen LogP contribution in [0.2, 0.25) is 0 Å². The maximum absolute atomic E-state index is 9.34. The van der Waals surface area contributed by atoms with E-state index < -0.39 is 0 Å². The van der Waals surface area contributed by atoms with Crippen LogP contribution in [0.3, 0.4) is 0 Å². The highest BCUT2D eigenvalue weighted by Crippen LogP contribution is 2.31. The minimum absolute atomic E-state index is 0.425. The summed E-state index contributed by atoms with van der Waals surface area (Å²) in [5.41, 5.74) is 2.49. The number of imidazole rings is 1. The molecule has 1 aliphatic rings. The molecule has 1 saturated heterocycles. The van der Waals surface area contributed by atoms with Crippen molar-refractivity contribution in [3.05, 3.63) is 42.0 Å². The summed E-state index contributed by atoms with van der Waals surface area (Å²) >= 11 is 0. The summed E-state index contributed by atoms with van der Waals surface area (Å²) < 4.78 is 7.40. The smallest absolute Gasteiger partial charge is 0.144 e. The molecule has 0 aliphatic carbocycles. The summed E-state index contributed by atoms with van der Waals surface area (Å²) in [7, 11) is 1.62. The fraction of sp³-hybridized carbons (Fsp3) is 0.333. The Bertz CT molecular complexity index is 650. The second-order valence-corrected chi connectivity index (χ2v) is 4.85. The summed E-state index contributed by atoms with van der Waals surface area (Å²) in [4.78, 5) is 4.26. The molecule has 1 aromatic heterocycles. The quantitative estimate of drug-likeness (QED) is 0.922. The van der Waals surface area contributed by atoms with Gasteiger partial charge in [-0.2, -0.15) is 5.26 Å². The van der Waals surface area contributed by atoms with E-state index in [-0.39, 0.29) is 0 Å². The van der Waals surface area contributed by atoms with E-state index in [1.165, 1.54) is 0 Å². The van der Waals surface area contributed by atoms with Gasteiger partial charge in [0.1, 0.15) is 17.5 Å². The molecular weight excluding hydrogens is 252 g/mol. The average molecular weight is 268 g/mol. The highest BCUT2D eigenvalue weighted by molar-refractivity contribution is 5.58. The van der Waals surface area contributed by atoms with Gasteiger partial charge in [0.25, 0.3) is 0 Å². The van der Waals surface area contributed by atoms with E-state index in [1.807, 2.05) is 22.9 Å². The van der Waals surface area contributed by atoms with E-state index in [0.29, 0.717) is 17.2 Å². The van der Waals surface area contributed by atoms with Gasteiger partial charge in [-0.25, -0.2) is 4.98 Å². The van der Waals surface area contributed by atoms with Crippen molar-refractivity contribution in [2.75, 3.05) is 20.2 Å². The standard InChI is InChI=1S/C15H16N4O/c1-20-14-4-2-3-11(7-16)15(14)19-10-18-9-13(19)12-5-6-17-8-12/h2-4,9-10,12,17H,5-6,8H2,1H3. The lowest BCUT2D eigenvalue weighted by atomic mass is 10.0. The van der Waals surface area contributed by atoms with Crippen LogP contribution in [0.5, 0.6) is 5.75 Å². The Morgan fingerprint density at radius 3 is 3.10 bits per heavy atom. The first kappa shape index (κ1) is 12.7. The van der Waals surface area contributed by atoms with Gasteiger partial charge in [-0.3, -0.25) is 4.57 Å². The zero-order valence-corrected chi connectivity index (χ0v) is 11.3. The lowest BCUT2D eigenvalue weighted by Crippen LogP contribution is -2.11. The van der Waals surface area contributed by atoms with E-state index in [1.54, 1.807) is 19.5 Å². The van der Waals surface area contributed by atoms with Crippen LogP contribution in [0.4, 0.5) is 0 Å². The topological polar surface area (TPSA) is 62.9 Å². The predicted octanol–water partition coefficient (Wildman–Crippen LogP) is 1.83. The molecule has 0 amide bonds. The summed E-state index contributed by atoms with van der Waals surface area (Å²) in [5.74, 6) is 1.11. The van der Waals surface area contributed by atoms with E-state index in [0.717, 1.165) is 30.9 Å².